The molecule has 0 aliphatic carbocycles. The lowest BCUT2D eigenvalue weighted by molar-refractivity contribution is 0.537. The summed E-state index contributed by atoms with van der Waals surface area (Å²) in [5, 5.41) is 3.70. The quantitative estimate of drug-likeness (QED) is 0.735. The maximum Gasteiger partial charge on any atom is 0.0620 e. The second kappa shape index (κ2) is 3.66. The first-order chi connectivity index (χ1) is 7.71. The zero-order chi connectivity index (χ0) is 12.8. The molecule has 0 unspecified atom stereocenters. The second-order valence-corrected chi connectivity index (χ2v) is 6.81. The van der Waals surface area contributed by atoms with Crippen molar-refractivity contribution in [1.29, 1.82) is 0 Å². The molecule has 2 heteroatoms. The molecule has 1 aliphatic rings. The highest BCUT2D eigenvalue weighted by Crippen LogP contribution is 2.40. The number of nitrogens with zero attached hydrogens (tertiary/aromatic N) is 1. The normalized spacial score (nSPS) is 18.6. The Kier molecular flexibility index (Phi) is 2.64. The van der Waals surface area contributed by atoms with Crippen molar-refractivity contribution in [2.45, 2.75) is 45.6 Å². The molecule has 0 aromatic heterocycles. The van der Waals surface area contributed by atoms with Gasteiger partial charge in [0.15, 0.2) is 0 Å². The van der Waals surface area contributed by atoms with Crippen LogP contribution in [0.5, 0.6) is 0 Å². The van der Waals surface area contributed by atoms with E-state index in [2.05, 4.69) is 70.1 Å². The molecule has 2 nitrogen and oxygen atoms in total. The Morgan fingerprint density at radius 2 is 1.88 bits per heavy atom. The van der Waals surface area contributed by atoms with Crippen LogP contribution in [0.4, 0.5) is 11.4 Å². The van der Waals surface area contributed by atoms with Gasteiger partial charge in [0.05, 0.1) is 11.4 Å². The number of hydrogen-bond donors (Lipinski definition) is 1. The lowest BCUT2D eigenvalue weighted by Crippen LogP contribution is -2.47. The van der Waals surface area contributed by atoms with E-state index in [9.17, 15) is 0 Å². The van der Waals surface area contributed by atoms with E-state index in [1.54, 1.807) is 0 Å². The predicted octanol–water partition coefficient (Wildman–Crippen LogP) is 3.62. The van der Waals surface area contributed by atoms with Crippen molar-refractivity contribution >= 4 is 11.4 Å². The molecule has 2 rings (SSSR count). The summed E-state index contributed by atoms with van der Waals surface area (Å²) in [6, 6.07) is 6.60. The number of rotatable bonds is 0. The van der Waals surface area contributed by atoms with Gasteiger partial charge in [0.1, 0.15) is 0 Å². The number of nitrogens with one attached hydrogen (secondary N) is 1. The van der Waals surface area contributed by atoms with E-state index in [-0.39, 0.29) is 11.0 Å². The highest BCUT2D eigenvalue weighted by Gasteiger charge is 2.31. The number of anilines is 2. The Hall–Kier alpha value is -1.18. The molecule has 0 spiro atoms. The molecule has 94 valence electrons. The molecule has 1 aromatic carbocycles. The van der Waals surface area contributed by atoms with Gasteiger partial charge in [-0.2, -0.15) is 0 Å². The van der Waals surface area contributed by atoms with Crippen molar-refractivity contribution in [2.24, 2.45) is 0 Å². The molecule has 0 atom stereocenters. The predicted molar refractivity (Wildman–Crippen MR) is 76.1 cm³/mol. The summed E-state index contributed by atoms with van der Waals surface area (Å²) in [6.07, 6.45) is 0. The SMILES string of the molecule is CN1CC(C)(C)Nc2c1cccc2C(C)(C)C. The summed E-state index contributed by atoms with van der Waals surface area (Å²) in [5.41, 5.74) is 4.32. The molecule has 1 N–H and O–H groups in total. The Balaban J connectivity index is 2.58. The zero-order valence-electron chi connectivity index (χ0n) is 11.9. The summed E-state index contributed by atoms with van der Waals surface area (Å²) in [5.74, 6) is 0. The van der Waals surface area contributed by atoms with Crippen molar-refractivity contribution in [1.82, 2.24) is 0 Å². The summed E-state index contributed by atoms with van der Waals surface area (Å²) in [6.45, 7) is 12.4. The standard InChI is InChI=1S/C15H24N2/c1-14(2,3)11-8-7-9-12-13(11)16-15(4,5)10-17(12)6/h7-9,16H,10H2,1-6H3. The van der Waals surface area contributed by atoms with E-state index in [0.29, 0.717) is 0 Å². The van der Waals surface area contributed by atoms with Gasteiger partial charge < -0.3 is 10.2 Å². The maximum atomic E-state index is 3.70. The summed E-state index contributed by atoms with van der Waals surface area (Å²) in [7, 11) is 2.17. The Morgan fingerprint density at radius 1 is 1.24 bits per heavy atom. The van der Waals surface area contributed by atoms with Gasteiger partial charge in [0.2, 0.25) is 0 Å². The highest BCUT2D eigenvalue weighted by molar-refractivity contribution is 5.77. The van der Waals surface area contributed by atoms with Gasteiger partial charge in [0, 0.05) is 19.1 Å². The van der Waals surface area contributed by atoms with Gasteiger partial charge in [-0.3, -0.25) is 0 Å². The monoisotopic (exact) mass is 232 g/mol. The third-order valence-corrected chi connectivity index (χ3v) is 3.36. The minimum absolute atomic E-state index is 0.128. The molecule has 0 saturated heterocycles. The number of fused-ring (bicyclic) bond motifs is 1. The molecular formula is C15H24N2. The first kappa shape index (κ1) is 12.3. The number of likely N-dealkylation sites (N-methyl/N-ethyl adjacent to an activating group) is 1. The van der Waals surface area contributed by atoms with Crippen LogP contribution < -0.4 is 10.2 Å². The van der Waals surface area contributed by atoms with E-state index in [1.165, 1.54) is 16.9 Å². The fourth-order valence-corrected chi connectivity index (χ4v) is 2.67. The van der Waals surface area contributed by atoms with E-state index in [1.807, 2.05) is 0 Å². The van der Waals surface area contributed by atoms with Crippen LogP contribution in [0, 0.1) is 0 Å². The average molecular weight is 232 g/mol. The largest absolute Gasteiger partial charge is 0.376 e. The van der Waals surface area contributed by atoms with Gasteiger partial charge in [-0.15, -0.1) is 0 Å². The number of hydrogen-bond acceptors (Lipinski definition) is 2. The Labute approximate surface area is 105 Å². The first-order valence-electron chi connectivity index (χ1n) is 6.33. The van der Waals surface area contributed by atoms with E-state index >= 15 is 0 Å². The second-order valence-electron chi connectivity index (χ2n) is 6.81. The lowest BCUT2D eigenvalue weighted by Gasteiger charge is -2.42. The van der Waals surface area contributed by atoms with Gasteiger partial charge in [-0.05, 0) is 30.9 Å². The zero-order valence-corrected chi connectivity index (χ0v) is 11.9. The van der Waals surface area contributed by atoms with Crippen molar-refractivity contribution < 1.29 is 0 Å². The van der Waals surface area contributed by atoms with Gasteiger partial charge >= 0.3 is 0 Å². The van der Waals surface area contributed by atoms with Crippen LogP contribution in [0.25, 0.3) is 0 Å². The Bertz CT molecular complexity index is 427. The molecule has 0 fully saturated rings. The van der Waals surface area contributed by atoms with E-state index < -0.39 is 0 Å². The molecular weight excluding hydrogens is 208 g/mol. The number of benzene rings is 1. The molecule has 1 aliphatic heterocycles. The van der Waals surface area contributed by atoms with Crippen LogP contribution in [-0.2, 0) is 5.41 Å². The smallest absolute Gasteiger partial charge is 0.0620 e. The van der Waals surface area contributed by atoms with Crippen LogP contribution >= 0.6 is 0 Å². The van der Waals surface area contributed by atoms with Crippen LogP contribution in [0.15, 0.2) is 18.2 Å². The molecule has 0 amide bonds. The van der Waals surface area contributed by atoms with Gasteiger partial charge in [-0.25, -0.2) is 0 Å². The fraction of sp³-hybridized carbons (Fsp3) is 0.600. The van der Waals surface area contributed by atoms with E-state index in [4.69, 9.17) is 0 Å². The topological polar surface area (TPSA) is 15.3 Å². The average Bonchev–Trinajstić information content (AvgIpc) is 2.13. The minimum atomic E-state index is 0.128. The molecule has 0 radical (unpaired) electrons. The van der Waals surface area contributed by atoms with Crippen LogP contribution in [-0.4, -0.2) is 19.1 Å². The highest BCUT2D eigenvalue weighted by atomic mass is 15.2. The number of para-hydroxylation sites is 1. The lowest BCUT2D eigenvalue weighted by atomic mass is 9.83. The molecule has 0 bridgehead atoms. The maximum absolute atomic E-state index is 3.70. The fourth-order valence-electron chi connectivity index (χ4n) is 2.67. The summed E-state index contributed by atoms with van der Waals surface area (Å²) < 4.78 is 0. The third-order valence-electron chi connectivity index (χ3n) is 3.36. The van der Waals surface area contributed by atoms with E-state index in [0.717, 1.165) is 6.54 Å². The Morgan fingerprint density at radius 3 is 2.47 bits per heavy atom. The van der Waals surface area contributed by atoms with Crippen LogP contribution in [0.2, 0.25) is 0 Å². The van der Waals surface area contributed by atoms with Gasteiger partial charge in [-0.1, -0.05) is 32.9 Å². The molecule has 1 aromatic rings. The minimum Gasteiger partial charge on any atom is -0.376 e. The molecule has 17 heavy (non-hydrogen) atoms. The third kappa shape index (κ3) is 2.26. The first-order valence-corrected chi connectivity index (χ1v) is 6.33. The van der Waals surface area contributed by atoms with Crippen LogP contribution in [0.3, 0.4) is 0 Å². The summed E-state index contributed by atoms with van der Waals surface area (Å²) >= 11 is 0. The van der Waals surface area contributed by atoms with Crippen LogP contribution in [0.1, 0.15) is 40.2 Å². The summed E-state index contributed by atoms with van der Waals surface area (Å²) in [4.78, 5) is 2.35. The molecule has 1 heterocycles. The van der Waals surface area contributed by atoms with Crippen molar-refractivity contribution in [3.63, 3.8) is 0 Å². The van der Waals surface area contributed by atoms with Crippen molar-refractivity contribution in [2.75, 3.05) is 23.8 Å². The van der Waals surface area contributed by atoms with Crippen molar-refractivity contribution in [3.05, 3.63) is 23.8 Å². The van der Waals surface area contributed by atoms with Gasteiger partial charge in [0.25, 0.3) is 0 Å². The molecule has 0 saturated carbocycles. The van der Waals surface area contributed by atoms with Crippen molar-refractivity contribution in [3.8, 4) is 0 Å².